The van der Waals surface area contributed by atoms with Crippen molar-refractivity contribution in [2.45, 2.75) is 13.0 Å². The Morgan fingerprint density at radius 3 is 2.79 bits per heavy atom. The Morgan fingerprint density at radius 2 is 2.00 bits per heavy atom. The molecule has 0 aromatic carbocycles. The van der Waals surface area contributed by atoms with Gasteiger partial charge in [-0.25, -0.2) is 9.97 Å². The number of rotatable bonds is 5. The van der Waals surface area contributed by atoms with Gasteiger partial charge < -0.3 is 15.0 Å². The van der Waals surface area contributed by atoms with Crippen molar-refractivity contribution in [1.29, 1.82) is 0 Å². The summed E-state index contributed by atoms with van der Waals surface area (Å²) in [7, 11) is 0. The molecule has 150 valence electrons. The van der Waals surface area contributed by atoms with Crippen LogP contribution in [0.4, 0.5) is 16.6 Å². The van der Waals surface area contributed by atoms with Gasteiger partial charge in [-0.3, -0.25) is 9.88 Å². The fourth-order valence-corrected chi connectivity index (χ4v) is 4.61. The van der Waals surface area contributed by atoms with E-state index in [-0.39, 0.29) is 0 Å². The van der Waals surface area contributed by atoms with Crippen molar-refractivity contribution in [2.75, 3.05) is 49.6 Å². The SMILES string of the molecule is Cc1cc(N2CC(N3CCOCC3)C2)cc(Nc2ncc(-c3ccccn3)s2)n1. The second-order valence-corrected chi connectivity index (χ2v) is 8.46. The zero-order chi connectivity index (χ0) is 19.6. The van der Waals surface area contributed by atoms with E-state index >= 15 is 0 Å². The first kappa shape index (κ1) is 18.5. The normalized spacial score (nSPS) is 17.9. The Morgan fingerprint density at radius 1 is 1.14 bits per heavy atom. The quantitative estimate of drug-likeness (QED) is 0.695. The number of ether oxygens (including phenoxy) is 1. The topological polar surface area (TPSA) is 66.4 Å². The zero-order valence-electron chi connectivity index (χ0n) is 16.4. The van der Waals surface area contributed by atoms with Crippen molar-refractivity contribution < 1.29 is 4.74 Å². The lowest BCUT2D eigenvalue weighted by Gasteiger charge is -2.47. The van der Waals surface area contributed by atoms with Crippen LogP contribution in [0.2, 0.25) is 0 Å². The molecule has 1 N–H and O–H groups in total. The minimum absolute atomic E-state index is 0.628. The van der Waals surface area contributed by atoms with E-state index < -0.39 is 0 Å². The van der Waals surface area contributed by atoms with Gasteiger partial charge in [0.15, 0.2) is 5.13 Å². The minimum atomic E-state index is 0.628. The average molecular weight is 409 g/mol. The van der Waals surface area contributed by atoms with E-state index in [0.717, 1.165) is 66.6 Å². The number of hydrogen-bond acceptors (Lipinski definition) is 8. The highest BCUT2D eigenvalue weighted by Crippen LogP contribution is 2.31. The van der Waals surface area contributed by atoms with Gasteiger partial charge in [0.2, 0.25) is 0 Å². The van der Waals surface area contributed by atoms with Crippen LogP contribution in [0.25, 0.3) is 10.6 Å². The number of aromatic nitrogens is 3. The van der Waals surface area contributed by atoms with Gasteiger partial charge in [0.1, 0.15) is 5.82 Å². The van der Waals surface area contributed by atoms with Crippen LogP contribution in [0.3, 0.4) is 0 Å². The molecule has 0 bridgehead atoms. The predicted octanol–water partition coefficient (Wildman–Crippen LogP) is 3.17. The van der Waals surface area contributed by atoms with Gasteiger partial charge in [-0.2, -0.15) is 0 Å². The summed E-state index contributed by atoms with van der Waals surface area (Å²) >= 11 is 1.58. The van der Waals surface area contributed by atoms with Gasteiger partial charge in [-0.15, -0.1) is 0 Å². The van der Waals surface area contributed by atoms with Crippen molar-refractivity contribution in [1.82, 2.24) is 19.9 Å². The van der Waals surface area contributed by atoms with E-state index in [2.05, 4.69) is 42.2 Å². The zero-order valence-corrected chi connectivity index (χ0v) is 17.2. The average Bonchev–Trinajstić information content (AvgIpc) is 3.16. The number of morpholine rings is 1. The molecule has 2 saturated heterocycles. The molecule has 3 aromatic heterocycles. The van der Waals surface area contributed by atoms with Crippen LogP contribution in [-0.4, -0.2) is 65.3 Å². The molecular formula is C21H24N6OS. The second-order valence-electron chi connectivity index (χ2n) is 7.43. The van der Waals surface area contributed by atoms with E-state index in [9.17, 15) is 0 Å². The predicted molar refractivity (Wildman–Crippen MR) is 116 cm³/mol. The molecule has 7 nitrogen and oxygen atoms in total. The third-order valence-corrected chi connectivity index (χ3v) is 6.32. The Labute approximate surface area is 174 Å². The largest absolute Gasteiger partial charge is 0.379 e. The van der Waals surface area contributed by atoms with Gasteiger partial charge in [0.25, 0.3) is 0 Å². The van der Waals surface area contributed by atoms with Crippen LogP contribution in [0.1, 0.15) is 5.69 Å². The fourth-order valence-electron chi connectivity index (χ4n) is 3.81. The van der Waals surface area contributed by atoms with Crippen LogP contribution in [-0.2, 0) is 4.74 Å². The summed E-state index contributed by atoms with van der Waals surface area (Å²) in [5.74, 6) is 0.830. The number of nitrogens with one attached hydrogen (secondary N) is 1. The highest BCUT2D eigenvalue weighted by atomic mass is 32.1. The monoisotopic (exact) mass is 408 g/mol. The standard InChI is InChI=1S/C21H24N6OS/c1-15-10-16(27-13-17(14-27)26-6-8-28-9-7-26)11-20(24-15)25-21-23-12-19(29-21)18-4-2-3-5-22-18/h2-5,10-12,17H,6-9,13-14H2,1H3,(H,23,24,25). The molecule has 3 aromatic rings. The van der Waals surface area contributed by atoms with E-state index in [0.29, 0.717) is 6.04 Å². The van der Waals surface area contributed by atoms with Crippen LogP contribution < -0.4 is 10.2 Å². The van der Waals surface area contributed by atoms with Gasteiger partial charge >= 0.3 is 0 Å². The molecule has 29 heavy (non-hydrogen) atoms. The number of nitrogens with zero attached hydrogens (tertiary/aromatic N) is 5. The Bertz CT molecular complexity index is 966. The van der Waals surface area contributed by atoms with E-state index in [1.54, 1.807) is 17.5 Å². The van der Waals surface area contributed by atoms with Gasteiger partial charge in [-0.1, -0.05) is 17.4 Å². The van der Waals surface area contributed by atoms with Crippen molar-refractivity contribution in [3.8, 4) is 10.6 Å². The Kier molecular flexibility index (Phi) is 5.13. The molecule has 0 unspecified atom stereocenters. The first-order valence-corrected chi connectivity index (χ1v) is 10.8. The molecule has 8 heteroatoms. The molecule has 0 aliphatic carbocycles. The van der Waals surface area contributed by atoms with Gasteiger partial charge in [0.05, 0.1) is 23.8 Å². The third kappa shape index (κ3) is 4.10. The smallest absolute Gasteiger partial charge is 0.188 e. The molecule has 0 atom stereocenters. The summed E-state index contributed by atoms with van der Waals surface area (Å²) < 4.78 is 5.47. The number of hydrogen-bond donors (Lipinski definition) is 1. The second kappa shape index (κ2) is 8.06. The van der Waals surface area contributed by atoms with Crippen molar-refractivity contribution >= 4 is 28.0 Å². The minimum Gasteiger partial charge on any atom is -0.379 e. The van der Waals surface area contributed by atoms with Crippen molar-refractivity contribution in [3.63, 3.8) is 0 Å². The lowest BCUT2D eigenvalue weighted by Crippen LogP contribution is -2.61. The van der Waals surface area contributed by atoms with E-state index in [1.807, 2.05) is 31.3 Å². The number of anilines is 3. The molecule has 0 saturated carbocycles. The van der Waals surface area contributed by atoms with Crippen LogP contribution in [0.15, 0.2) is 42.7 Å². The molecule has 2 fully saturated rings. The molecule has 2 aliphatic heterocycles. The first-order chi connectivity index (χ1) is 14.2. The lowest BCUT2D eigenvalue weighted by atomic mass is 10.1. The van der Waals surface area contributed by atoms with Crippen LogP contribution in [0, 0.1) is 6.92 Å². The van der Waals surface area contributed by atoms with Gasteiger partial charge in [-0.05, 0) is 25.1 Å². The van der Waals surface area contributed by atoms with Gasteiger partial charge in [0, 0.05) is 62.1 Å². The maximum absolute atomic E-state index is 5.47. The Hall–Kier alpha value is -2.55. The first-order valence-electron chi connectivity index (χ1n) is 9.94. The van der Waals surface area contributed by atoms with Crippen LogP contribution in [0.5, 0.6) is 0 Å². The molecule has 5 heterocycles. The van der Waals surface area contributed by atoms with Crippen LogP contribution >= 0.6 is 11.3 Å². The number of thiazole rings is 1. The molecule has 2 aliphatic rings. The summed E-state index contributed by atoms with van der Waals surface area (Å²) in [5, 5.41) is 4.19. The molecule has 0 amide bonds. The summed E-state index contributed by atoms with van der Waals surface area (Å²) in [5.41, 5.74) is 3.15. The Balaban J connectivity index is 1.26. The number of pyridine rings is 2. The summed E-state index contributed by atoms with van der Waals surface area (Å²) in [6, 6.07) is 10.8. The highest BCUT2D eigenvalue weighted by molar-refractivity contribution is 7.18. The lowest BCUT2D eigenvalue weighted by molar-refractivity contribution is 0.0105. The highest BCUT2D eigenvalue weighted by Gasteiger charge is 2.33. The van der Waals surface area contributed by atoms with Crippen molar-refractivity contribution in [2.24, 2.45) is 0 Å². The molecule has 5 rings (SSSR count). The van der Waals surface area contributed by atoms with Crippen molar-refractivity contribution in [3.05, 3.63) is 48.4 Å². The number of aryl methyl sites for hydroxylation is 1. The molecule has 0 radical (unpaired) electrons. The van der Waals surface area contributed by atoms with E-state index in [1.165, 1.54) is 5.69 Å². The summed E-state index contributed by atoms with van der Waals surface area (Å²) in [4.78, 5) is 19.5. The third-order valence-electron chi connectivity index (χ3n) is 5.39. The summed E-state index contributed by atoms with van der Waals surface area (Å²) in [6.07, 6.45) is 3.65. The fraction of sp³-hybridized carbons (Fsp3) is 0.381. The molecular weight excluding hydrogens is 384 g/mol. The summed E-state index contributed by atoms with van der Waals surface area (Å²) in [6.45, 7) is 7.95. The molecule has 0 spiro atoms. The van der Waals surface area contributed by atoms with E-state index in [4.69, 9.17) is 4.74 Å². The maximum Gasteiger partial charge on any atom is 0.188 e. The maximum atomic E-state index is 5.47.